The predicted octanol–water partition coefficient (Wildman–Crippen LogP) is 4.85. The van der Waals surface area contributed by atoms with Gasteiger partial charge in [0.25, 0.3) is 0 Å². The zero-order valence-electron chi connectivity index (χ0n) is 11.2. The van der Waals surface area contributed by atoms with Crippen molar-refractivity contribution in [3.8, 4) is 0 Å². The van der Waals surface area contributed by atoms with Gasteiger partial charge in [0.2, 0.25) is 0 Å². The summed E-state index contributed by atoms with van der Waals surface area (Å²) in [5.74, 6) is -0.607. The lowest BCUT2D eigenvalue weighted by Gasteiger charge is -2.26. The van der Waals surface area contributed by atoms with Gasteiger partial charge >= 0.3 is 0 Å². The van der Waals surface area contributed by atoms with Crippen LogP contribution in [-0.4, -0.2) is 7.05 Å². The molecule has 1 fully saturated rings. The molecular weight excluding hydrogens is 268 g/mol. The monoisotopic (exact) mass is 287 g/mol. The van der Waals surface area contributed by atoms with Gasteiger partial charge in [-0.05, 0) is 37.9 Å². The second-order valence-electron chi connectivity index (χ2n) is 5.31. The van der Waals surface area contributed by atoms with E-state index >= 15 is 0 Å². The number of halogens is 3. The summed E-state index contributed by atoms with van der Waals surface area (Å²) in [6, 6.07) is 2.18. The number of rotatable bonds is 3. The molecule has 2 rings (SSSR count). The highest BCUT2D eigenvalue weighted by Gasteiger charge is 2.26. The molecule has 0 amide bonds. The third-order valence-corrected chi connectivity index (χ3v) is 4.35. The second-order valence-corrected chi connectivity index (χ2v) is 5.71. The Hall–Kier alpha value is -0.670. The summed E-state index contributed by atoms with van der Waals surface area (Å²) in [5, 5.41) is 3.00. The van der Waals surface area contributed by atoms with Crippen LogP contribution in [0.15, 0.2) is 12.1 Å². The van der Waals surface area contributed by atoms with Gasteiger partial charge in [0.05, 0.1) is 5.02 Å². The van der Waals surface area contributed by atoms with E-state index < -0.39 is 11.6 Å². The van der Waals surface area contributed by atoms with Gasteiger partial charge in [-0.25, -0.2) is 8.78 Å². The topological polar surface area (TPSA) is 12.0 Å². The Labute approximate surface area is 118 Å². The van der Waals surface area contributed by atoms with E-state index in [0.717, 1.165) is 18.9 Å². The molecule has 4 heteroatoms. The Morgan fingerprint density at radius 1 is 1.11 bits per heavy atom. The lowest BCUT2D eigenvalue weighted by molar-refractivity contribution is 0.332. The van der Waals surface area contributed by atoms with Crippen molar-refractivity contribution in [2.45, 2.75) is 44.6 Å². The van der Waals surface area contributed by atoms with E-state index in [1.165, 1.54) is 31.7 Å². The quantitative estimate of drug-likeness (QED) is 0.619. The lowest BCUT2D eigenvalue weighted by Crippen LogP contribution is -2.26. The molecule has 1 unspecified atom stereocenters. The van der Waals surface area contributed by atoms with Crippen LogP contribution in [0.5, 0.6) is 0 Å². The first-order valence-electron chi connectivity index (χ1n) is 6.95. The number of benzene rings is 1. The summed E-state index contributed by atoms with van der Waals surface area (Å²) in [6.45, 7) is 0. The van der Waals surface area contributed by atoms with E-state index in [2.05, 4.69) is 5.32 Å². The summed E-state index contributed by atoms with van der Waals surface area (Å²) in [4.78, 5) is 0. The standard InChI is InChI=1S/C15H20ClF2N/c1-19-15(10-6-4-2-3-5-7-10)11-8-14(18)12(16)9-13(11)17/h8-10,15,19H,2-7H2,1H3. The van der Waals surface area contributed by atoms with E-state index in [0.29, 0.717) is 11.5 Å². The van der Waals surface area contributed by atoms with Crippen molar-refractivity contribution in [2.75, 3.05) is 7.05 Å². The van der Waals surface area contributed by atoms with Crippen LogP contribution in [0.2, 0.25) is 5.02 Å². The van der Waals surface area contributed by atoms with Gasteiger partial charge in [-0.15, -0.1) is 0 Å². The summed E-state index contributed by atoms with van der Waals surface area (Å²) in [6.07, 6.45) is 6.94. The molecule has 1 saturated carbocycles. The molecule has 1 aliphatic carbocycles. The fourth-order valence-electron chi connectivity index (χ4n) is 3.07. The first-order chi connectivity index (χ1) is 9.13. The highest BCUT2D eigenvalue weighted by atomic mass is 35.5. The maximum atomic E-state index is 14.0. The van der Waals surface area contributed by atoms with Crippen LogP contribution in [0.3, 0.4) is 0 Å². The zero-order valence-corrected chi connectivity index (χ0v) is 11.9. The van der Waals surface area contributed by atoms with Crippen LogP contribution in [0, 0.1) is 17.6 Å². The molecule has 1 nitrogen and oxygen atoms in total. The molecule has 106 valence electrons. The van der Waals surface area contributed by atoms with Crippen molar-refractivity contribution in [2.24, 2.45) is 5.92 Å². The Morgan fingerprint density at radius 2 is 1.74 bits per heavy atom. The minimum absolute atomic E-state index is 0.134. The molecular formula is C15H20ClF2N. The van der Waals surface area contributed by atoms with Gasteiger partial charge in [-0.3, -0.25) is 0 Å². The van der Waals surface area contributed by atoms with E-state index in [1.807, 2.05) is 7.05 Å². The first kappa shape index (κ1) is 14.7. The fraction of sp³-hybridized carbons (Fsp3) is 0.600. The minimum Gasteiger partial charge on any atom is -0.313 e. The van der Waals surface area contributed by atoms with E-state index in [-0.39, 0.29) is 11.1 Å². The van der Waals surface area contributed by atoms with Crippen molar-refractivity contribution >= 4 is 11.6 Å². The molecule has 0 heterocycles. The van der Waals surface area contributed by atoms with Crippen LogP contribution < -0.4 is 5.32 Å². The molecule has 1 atom stereocenters. The van der Waals surface area contributed by atoms with E-state index in [9.17, 15) is 8.78 Å². The van der Waals surface area contributed by atoms with Crippen molar-refractivity contribution in [3.63, 3.8) is 0 Å². The third kappa shape index (κ3) is 3.46. The van der Waals surface area contributed by atoms with Gasteiger partial charge in [-0.1, -0.05) is 37.3 Å². The number of hydrogen-bond donors (Lipinski definition) is 1. The molecule has 1 aliphatic rings. The smallest absolute Gasteiger partial charge is 0.142 e. The van der Waals surface area contributed by atoms with E-state index in [1.54, 1.807) is 0 Å². The lowest BCUT2D eigenvalue weighted by atomic mass is 9.87. The molecule has 1 aromatic carbocycles. The summed E-state index contributed by atoms with van der Waals surface area (Å²) >= 11 is 5.61. The maximum absolute atomic E-state index is 14.0. The second kappa shape index (κ2) is 6.67. The summed E-state index contributed by atoms with van der Waals surface area (Å²) < 4.78 is 27.6. The largest absolute Gasteiger partial charge is 0.313 e. The van der Waals surface area contributed by atoms with Gasteiger partial charge in [0.15, 0.2) is 0 Å². The Kier molecular flexibility index (Phi) is 5.17. The van der Waals surface area contributed by atoms with E-state index in [4.69, 9.17) is 11.6 Å². The molecule has 1 aromatic rings. The Bertz CT molecular complexity index is 428. The van der Waals surface area contributed by atoms with Crippen LogP contribution in [-0.2, 0) is 0 Å². The first-order valence-corrected chi connectivity index (χ1v) is 7.33. The predicted molar refractivity (Wildman–Crippen MR) is 74.4 cm³/mol. The van der Waals surface area contributed by atoms with Crippen LogP contribution in [0.1, 0.15) is 50.1 Å². The zero-order chi connectivity index (χ0) is 13.8. The molecule has 0 aliphatic heterocycles. The van der Waals surface area contributed by atoms with Crippen LogP contribution in [0.4, 0.5) is 8.78 Å². The molecule has 0 radical (unpaired) electrons. The average Bonchev–Trinajstić information content (AvgIpc) is 2.65. The van der Waals surface area contributed by atoms with Crippen molar-refractivity contribution in [3.05, 3.63) is 34.4 Å². The highest BCUT2D eigenvalue weighted by Crippen LogP contribution is 2.35. The molecule has 0 spiro atoms. The van der Waals surface area contributed by atoms with Crippen molar-refractivity contribution in [1.82, 2.24) is 5.32 Å². The van der Waals surface area contributed by atoms with Gasteiger partial charge in [-0.2, -0.15) is 0 Å². The van der Waals surface area contributed by atoms with Crippen molar-refractivity contribution in [1.29, 1.82) is 0 Å². The van der Waals surface area contributed by atoms with Gasteiger partial charge in [0, 0.05) is 11.6 Å². The van der Waals surface area contributed by atoms with Gasteiger partial charge < -0.3 is 5.32 Å². The number of hydrogen-bond acceptors (Lipinski definition) is 1. The van der Waals surface area contributed by atoms with Gasteiger partial charge in [0.1, 0.15) is 11.6 Å². The summed E-state index contributed by atoms with van der Waals surface area (Å²) in [7, 11) is 1.81. The molecule has 1 N–H and O–H groups in total. The molecule has 0 saturated heterocycles. The average molecular weight is 288 g/mol. The SMILES string of the molecule is CNC(c1cc(F)c(Cl)cc1F)C1CCCCCC1. The molecule has 0 aromatic heterocycles. The van der Waals surface area contributed by atoms with Crippen LogP contribution >= 0.6 is 11.6 Å². The minimum atomic E-state index is -0.549. The third-order valence-electron chi connectivity index (χ3n) is 4.06. The Morgan fingerprint density at radius 3 is 2.32 bits per heavy atom. The van der Waals surface area contributed by atoms with Crippen LogP contribution in [0.25, 0.3) is 0 Å². The fourth-order valence-corrected chi connectivity index (χ4v) is 3.22. The van der Waals surface area contributed by atoms with Crippen molar-refractivity contribution < 1.29 is 8.78 Å². The Balaban J connectivity index is 2.27. The summed E-state index contributed by atoms with van der Waals surface area (Å²) in [5.41, 5.74) is 0.399. The molecule has 19 heavy (non-hydrogen) atoms. The normalized spacial score (nSPS) is 19.2. The number of nitrogens with one attached hydrogen (secondary N) is 1. The highest BCUT2D eigenvalue weighted by molar-refractivity contribution is 6.30. The molecule has 0 bridgehead atoms. The maximum Gasteiger partial charge on any atom is 0.142 e.